The molecule has 112 valence electrons. The van der Waals surface area contributed by atoms with Crippen molar-refractivity contribution < 1.29 is 9.59 Å². The van der Waals surface area contributed by atoms with E-state index >= 15 is 0 Å². The number of benzene rings is 1. The standard InChI is InChI=1S/C18H23NO2/c1-12-3-5-13(6-4-12)18(21)15-7-9-16-14(11-15)8-10-17(20)19(16)2/h7,9,11-13H,3-6,8,10H2,1-2H3. The van der Waals surface area contributed by atoms with E-state index in [2.05, 4.69) is 6.92 Å². The van der Waals surface area contributed by atoms with E-state index in [1.807, 2.05) is 25.2 Å². The molecule has 1 amide bonds. The number of aryl methyl sites for hydroxylation is 1. The minimum atomic E-state index is 0.155. The van der Waals surface area contributed by atoms with Gasteiger partial charge in [-0.15, -0.1) is 0 Å². The normalized spacial score (nSPS) is 25.6. The van der Waals surface area contributed by atoms with Gasteiger partial charge >= 0.3 is 0 Å². The second-order valence-electron chi connectivity index (χ2n) is 6.62. The van der Waals surface area contributed by atoms with Gasteiger partial charge in [0.2, 0.25) is 5.91 Å². The van der Waals surface area contributed by atoms with Crippen LogP contribution >= 0.6 is 0 Å². The average Bonchev–Trinajstić information content (AvgIpc) is 2.51. The Morgan fingerprint density at radius 1 is 1.14 bits per heavy atom. The summed E-state index contributed by atoms with van der Waals surface area (Å²) >= 11 is 0. The molecule has 1 saturated carbocycles. The SMILES string of the molecule is CC1CCC(C(=O)c2ccc3c(c2)CCC(=O)N3C)CC1. The molecule has 0 aromatic heterocycles. The molecule has 0 saturated heterocycles. The zero-order valence-corrected chi connectivity index (χ0v) is 12.9. The third-order valence-electron chi connectivity index (χ3n) is 5.09. The van der Waals surface area contributed by atoms with Crippen LogP contribution in [-0.2, 0) is 11.2 Å². The maximum atomic E-state index is 12.7. The van der Waals surface area contributed by atoms with Crippen LogP contribution in [0.2, 0.25) is 0 Å². The van der Waals surface area contributed by atoms with Gasteiger partial charge in [-0.25, -0.2) is 0 Å². The Labute approximate surface area is 126 Å². The van der Waals surface area contributed by atoms with Crippen LogP contribution in [0, 0.1) is 11.8 Å². The third-order valence-corrected chi connectivity index (χ3v) is 5.09. The molecule has 3 rings (SSSR count). The smallest absolute Gasteiger partial charge is 0.227 e. The van der Waals surface area contributed by atoms with Crippen molar-refractivity contribution in [2.45, 2.75) is 45.4 Å². The highest BCUT2D eigenvalue weighted by molar-refractivity contribution is 6.00. The van der Waals surface area contributed by atoms with E-state index < -0.39 is 0 Å². The van der Waals surface area contributed by atoms with Gasteiger partial charge in [-0.3, -0.25) is 9.59 Å². The Balaban J connectivity index is 1.81. The number of hydrogen-bond donors (Lipinski definition) is 0. The van der Waals surface area contributed by atoms with Crippen molar-refractivity contribution in [3.63, 3.8) is 0 Å². The average molecular weight is 285 g/mol. The van der Waals surface area contributed by atoms with E-state index in [1.165, 1.54) is 12.8 Å². The summed E-state index contributed by atoms with van der Waals surface area (Å²) in [6.07, 6.45) is 5.67. The van der Waals surface area contributed by atoms with Crippen molar-refractivity contribution in [2.24, 2.45) is 11.8 Å². The summed E-state index contributed by atoms with van der Waals surface area (Å²) in [5.74, 6) is 1.41. The summed E-state index contributed by atoms with van der Waals surface area (Å²) in [6, 6.07) is 5.85. The molecule has 3 nitrogen and oxygen atoms in total. The Bertz CT molecular complexity index is 571. The lowest BCUT2D eigenvalue weighted by molar-refractivity contribution is -0.118. The Morgan fingerprint density at radius 2 is 1.86 bits per heavy atom. The predicted molar refractivity (Wildman–Crippen MR) is 83.6 cm³/mol. The van der Waals surface area contributed by atoms with Gasteiger partial charge in [0.05, 0.1) is 0 Å². The lowest BCUT2D eigenvalue weighted by atomic mass is 9.79. The molecule has 3 heteroatoms. The molecule has 1 heterocycles. The maximum Gasteiger partial charge on any atom is 0.227 e. The molecule has 0 unspecified atom stereocenters. The van der Waals surface area contributed by atoms with E-state index in [-0.39, 0.29) is 11.8 Å². The van der Waals surface area contributed by atoms with Crippen molar-refractivity contribution in [1.82, 2.24) is 0 Å². The Kier molecular flexibility index (Phi) is 3.83. The summed E-state index contributed by atoms with van der Waals surface area (Å²) in [6.45, 7) is 2.27. The zero-order valence-electron chi connectivity index (χ0n) is 12.9. The van der Waals surface area contributed by atoms with Crippen molar-refractivity contribution in [3.8, 4) is 0 Å². The minimum Gasteiger partial charge on any atom is -0.315 e. The number of hydrogen-bond acceptors (Lipinski definition) is 2. The van der Waals surface area contributed by atoms with Gasteiger partial charge in [0.1, 0.15) is 0 Å². The van der Waals surface area contributed by atoms with Crippen molar-refractivity contribution in [2.75, 3.05) is 11.9 Å². The first-order chi connectivity index (χ1) is 10.1. The monoisotopic (exact) mass is 285 g/mol. The van der Waals surface area contributed by atoms with Gasteiger partial charge in [-0.1, -0.05) is 19.8 Å². The first-order valence-electron chi connectivity index (χ1n) is 8.00. The summed E-state index contributed by atoms with van der Waals surface area (Å²) < 4.78 is 0. The second kappa shape index (κ2) is 5.63. The minimum absolute atomic E-state index is 0.155. The molecule has 2 aliphatic rings. The van der Waals surface area contributed by atoms with E-state index in [1.54, 1.807) is 4.90 Å². The van der Waals surface area contributed by atoms with E-state index in [0.717, 1.165) is 42.0 Å². The second-order valence-corrected chi connectivity index (χ2v) is 6.62. The highest BCUT2D eigenvalue weighted by Crippen LogP contribution is 2.33. The number of carbonyl (C=O) groups is 2. The van der Waals surface area contributed by atoms with E-state index in [0.29, 0.717) is 12.2 Å². The summed E-state index contributed by atoms with van der Waals surface area (Å²) in [5.41, 5.74) is 2.92. The van der Waals surface area contributed by atoms with Crippen LogP contribution < -0.4 is 4.90 Å². The molecule has 0 atom stereocenters. The highest BCUT2D eigenvalue weighted by atomic mass is 16.2. The summed E-state index contributed by atoms with van der Waals surface area (Å²) in [7, 11) is 1.81. The Hall–Kier alpha value is -1.64. The maximum absolute atomic E-state index is 12.7. The highest BCUT2D eigenvalue weighted by Gasteiger charge is 2.27. The molecular formula is C18H23NO2. The molecule has 1 aromatic rings. The van der Waals surface area contributed by atoms with Crippen LogP contribution in [0.1, 0.15) is 54.9 Å². The number of carbonyl (C=O) groups excluding carboxylic acids is 2. The number of ketones is 1. The first kappa shape index (κ1) is 14.3. The van der Waals surface area contributed by atoms with Crippen LogP contribution in [0.15, 0.2) is 18.2 Å². The number of amides is 1. The largest absolute Gasteiger partial charge is 0.315 e. The molecule has 1 aliphatic carbocycles. The summed E-state index contributed by atoms with van der Waals surface area (Å²) in [4.78, 5) is 26.1. The van der Waals surface area contributed by atoms with Gasteiger partial charge < -0.3 is 4.90 Å². The first-order valence-corrected chi connectivity index (χ1v) is 8.00. The molecule has 0 radical (unpaired) electrons. The molecule has 0 spiro atoms. The van der Waals surface area contributed by atoms with Crippen LogP contribution in [-0.4, -0.2) is 18.7 Å². The van der Waals surface area contributed by atoms with Crippen LogP contribution in [0.25, 0.3) is 0 Å². The molecular weight excluding hydrogens is 262 g/mol. The topological polar surface area (TPSA) is 37.4 Å². The fraction of sp³-hybridized carbons (Fsp3) is 0.556. The number of fused-ring (bicyclic) bond motifs is 1. The molecule has 21 heavy (non-hydrogen) atoms. The summed E-state index contributed by atoms with van der Waals surface area (Å²) in [5, 5.41) is 0. The lowest BCUT2D eigenvalue weighted by Gasteiger charge is -2.27. The van der Waals surface area contributed by atoms with Crippen LogP contribution in [0.4, 0.5) is 5.69 Å². The Morgan fingerprint density at radius 3 is 2.57 bits per heavy atom. The molecule has 1 aliphatic heterocycles. The number of anilines is 1. The fourth-order valence-electron chi connectivity index (χ4n) is 3.57. The van der Waals surface area contributed by atoms with Crippen molar-refractivity contribution >= 4 is 17.4 Å². The van der Waals surface area contributed by atoms with Crippen molar-refractivity contribution in [1.29, 1.82) is 0 Å². The van der Waals surface area contributed by atoms with Gasteiger partial charge in [0.15, 0.2) is 5.78 Å². The number of nitrogens with zero attached hydrogens (tertiary/aromatic N) is 1. The van der Waals surface area contributed by atoms with Gasteiger partial charge in [-0.2, -0.15) is 0 Å². The number of rotatable bonds is 2. The van der Waals surface area contributed by atoms with Crippen LogP contribution in [0.3, 0.4) is 0 Å². The number of Topliss-reactive ketones (excluding diaryl/α,β-unsaturated/α-hetero) is 1. The van der Waals surface area contributed by atoms with Crippen molar-refractivity contribution in [3.05, 3.63) is 29.3 Å². The van der Waals surface area contributed by atoms with E-state index in [4.69, 9.17) is 0 Å². The predicted octanol–water partition coefficient (Wildman–Crippen LogP) is 3.60. The van der Waals surface area contributed by atoms with E-state index in [9.17, 15) is 9.59 Å². The molecule has 0 bridgehead atoms. The third kappa shape index (κ3) is 2.74. The molecule has 1 aromatic carbocycles. The van der Waals surface area contributed by atoms with Gasteiger partial charge in [0.25, 0.3) is 0 Å². The molecule has 1 fully saturated rings. The quantitative estimate of drug-likeness (QED) is 0.778. The lowest BCUT2D eigenvalue weighted by Crippen LogP contribution is -2.31. The zero-order chi connectivity index (χ0) is 15.0. The van der Waals surface area contributed by atoms with Gasteiger partial charge in [-0.05, 0) is 48.9 Å². The fourth-order valence-corrected chi connectivity index (χ4v) is 3.57. The van der Waals surface area contributed by atoms with Gasteiger partial charge in [0, 0.05) is 30.6 Å². The van der Waals surface area contributed by atoms with Crippen LogP contribution in [0.5, 0.6) is 0 Å². The molecule has 0 N–H and O–H groups in total.